The average molecular weight is 417 g/mol. The monoisotopic (exact) mass is 417 g/mol. The molecule has 0 spiro atoms. The molecule has 2 rings (SSSR count). The number of H-pyrrole nitrogens is 1. The van der Waals surface area contributed by atoms with E-state index in [9.17, 15) is 19.2 Å². The van der Waals surface area contributed by atoms with Gasteiger partial charge < -0.3 is 31.8 Å². The number of carbonyl (C=O) groups is 4. The van der Waals surface area contributed by atoms with Crippen LogP contribution in [0.25, 0.3) is 10.9 Å². The highest BCUT2D eigenvalue weighted by molar-refractivity contribution is 5.94. The van der Waals surface area contributed by atoms with Crippen LogP contribution < -0.4 is 21.7 Å². The van der Waals surface area contributed by atoms with E-state index in [0.717, 1.165) is 16.5 Å². The summed E-state index contributed by atoms with van der Waals surface area (Å²) in [5.74, 6) is -3.18. The van der Waals surface area contributed by atoms with E-state index in [-0.39, 0.29) is 18.9 Å². The molecule has 162 valence electrons. The number of hydrogen-bond donors (Lipinski definition) is 6. The van der Waals surface area contributed by atoms with Gasteiger partial charge in [0.15, 0.2) is 0 Å². The minimum Gasteiger partial charge on any atom is -0.480 e. The molecule has 10 heteroatoms. The number of carbonyl (C=O) groups excluding carboxylic acids is 3. The number of aromatic amines is 1. The van der Waals surface area contributed by atoms with E-state index in [1.165, 1.54) is 0 Å². The summed E-state index contributed by atoms with van der Waals surface area (Å²) in [4.78, 5) is 51.0. The maximum absolute atomic E-state index is 12.9. The Morgan fingerprint density at radius 1 is 1.10 bits per heavy atom. The van der Waals surface area contributed by atoms with Crippen molar-refractivity contribution in [2.75, 3.05) is 13.1 Å². The standard InChI is InChI=1S/C20H27N5O5/c1-11(2)18(20(30)23-10-17(27)28)25-19(29)15(24-16(26)8-21)7-12-9-22-14-6-4-3-5-13(12)14/h3-6,9,11,15,18,22H,7-8,10,21H2,1-2H3,(H,23,30)(H,24,26)(H,25,29)(H,27,28). The van der Waals surface area contributed by atoms with Gasteiger partial charge in [0.2, 0.25) is 17.7 Å². The lowest BCUT2D eigenvalue weighted by Crippen LogP contribution is -2.56. The van der Waals surface area contributed by atoms with Crippen LogP contribution in [0.4, 0.5) is 0 Å². The smallest absolute Gasteiger partial charge is 0.322 e. The first kappa shape index (κ1) is 22.9. The molecule has 1 aromatic carbocycles. The molecule has 0 bridgehead atoms. The van der Waals surface area contributed by atoms with E-state index in [0.29, 0.717) is 0 Å². The maximum Gasteiger partial charge on any atom is 0.322 e. The summed E-state index contributed by atoms with van der Waals surface area (Å²) in [6, 6.07) is 5.62. The van der Waals surface area contributed by atoms with Crippen LogP contribution in [0.15, 0.2) is 30.5 Å². The Labute approximate surface area is 173 Å². The number of carboxylic acids is 1. The highest BCUT2D eigenvalue weighted by Crippen LogP contribution is 2.19. The van der Waals surface area contributed by atoms with Gasteiger partial charge in [-0.1, -0.05) is 32.0 Å². The molecular weight excluding hydrogens is 390 g/mol. The van der Waals surface area contributed by atoms with Crippen molar-refractivity contribution < 1.29 is 24.3 Å². The number of para-hydroxylation sites is 1. The zero-order valence-corrected chi connectivity index (χ0v) is 16.9. The number of aromatic nitrogens is 1. The fourth-order valence-electron chi connectivity index (χ4n) is 3.04. The number of rotatable bonds is 10. The summed E-state index contributed by atoms with van der Waals surface area (Å²) in [6.07, 6.45) is 1.95. The summed E-state index contributed by atoms with van der Waals surface area (Å²) < 4.78 is 0. The Bertz CT molecular complexity index is 923. The molecule has 3 amide bonds. The topological polar surface area (TPSA) is 166 Å². The molecule has 0 fully saturated rings. The Kier molecular flexibility index (Phi) is 7.93. The number of hydrogen-bond acceptors (Lipinski definition) is 5. The van der Waals surface area contributed by atoms with Crippen LogP contribution in [0.2, 0.25) is 0 Å². The van der Waals surface area contributed by atoms with Crippen molar-refractivity contribution >= 4 is 34.6 Å². The number of carboxylic acid groups (broad SMARTS) is 1. The maximum atomic E-state index is 12.9. The van der Waals surface area contributed by atoms with Crippen molar-refractivity contribution in [1.82, 2.24) is 20.9 Å². The minimum absolute atomic E-state index is 0.184. The van der Waals surface area contributed by atoms with E-state index in [2.05, 4.69) is 20.9 Å². The van der Waals surface area contributed by atoms with Crippen molar-refractivity contribution in [1.29, 1.82) is 0 Å². The summed E-state index contributed by atoms with van der Waals surface area (Å²) in [5.41, 5.74) is 7.09. The van der Waals surface area contributed by atoms with Gasteiger partial charge in [-0.15, -0.1) is 0 Å². The molecule has 10 nitrogen and oxygen atoms in total. The fourth-order valence-corrected chi connectivity index (χ4v) is 3.04. The summed E-state index contributed by atoms with van der Waals surface area (Å²) in [6.45, 7) is 2.60. The molecule has 0 aliphatic rings. The molecular formula is C20H27N5O5. The van der Waals surface area contributed by atoms with Crippen LogP contribution in [0.5, 0.6) is 0 Å². The Balaban J connectivity index is 2.20. The molecule has 0 saturated heterocycles. The minimum atomic E-state index is -1.19. The molecule has 30 heavy (non-hydrogen) atoms. The predicted octanol–water partition coefficient (Wildman–Crippen LogP) is -0.504. The van der Waals surface area contributed by atoms with Gasteiger partial charge in [0.1, 0.15) is 18.6 Å². The Morgan fingerprint density at radius 2 is 1.80 bits per heavy atom. The van der Waals surface area contributed by atoms with Gasteiger partial charge in [-0.25, -0.2) is 0 Å². The summed E-state index contributed by atoms with van der Waals surface area (Å²) >= 11 is 0. The number of nitrogens with one attached hydrogen (secondary N) is 4. The molecule has 0 saturated carbocycles. The van der Waals surface area contributed by atoms with E-state index >= 15 is 0 Å². The SMILES string of the molecule is CC(C)C(NC(=O)C(Cc1c[nH]c2ccccc12)NC(=O)CN)C(=O)NCC(=O)O. The normalized spacial score (nSPS) is 12.9. The lowest BCUT2D eigenvalue weighted by Gasteiger charge is -2.25. The first-order chi connectivity index (χ1) is 14.2. The first-order valence-corrected chi connectivity index (χ1v) is 9.57. The third-order valence-electron chi connectivity index (χ3n) is 4.60. The lowest BCUT2D eigenvalue weighted by molar-refractivity contribution is -0.138. The number of amides is 3. The van der Waals surface area contributed by atoms with Crippen molar-refractivity contribution in [2.24, 2.45) is 11.7 Å². The second kappa shape index (κ2) is 10.4. The predicted molar refractivity (Wildman–Crippen MR) is 110 cm³/mol. The second-order valence-electron chi connectivity index (χ2n) is 7.23. The van der Waals surface area contributed by atoms with Gasteiger partial charge in [-0.05, 0) is 17.5 Å². The van der Waals surface area contributed by atoms with Crippen molar-refractivity contribution in [3.05, 3.63) is 36.0 Å². The molecule has 7 N–H and O–H groups in total. The van der Waals surface area contributed by atoms with Crippen molar-refractivity contribution in [3.8, 4) is 0 Å². The van der Waals surface area contributed by atoms with Crippen LogP contribution in [-0.4, -0.2) is 59.0 Å². The van der Waals surface area contributed by atoms with Crippen molar-refractivity contribution in [3.63, 3.8) is 0 Å². The summed E-state index contributed by atoms with van der Waals surface area (Å²) in [7, 11) is 0. The average Bonchev–Trinajstić information content (AvgIpc) is 3.12. The van der Waals surface area contributed by atoms with Crippen LogP contribution >= 0.6 is 0 Å². The van der Waals surface area contributed by atoms with Gasteiger partial charge in [-0.2, -0.15) is 0 Å². The quantitative estimate of drug-likeness (QED) is 0.305. The molecule has 0 aliphatic heterocycles. The van der Waals surface area contributed by atoms with E-state index in [4.69, 9.17) is 10.8 Å². The molecule has 2 unspecified atom stereocenters. The van der Waals surface area contributed by atoms with E-state index < -0.39 is 42.3 Å². The number of nitrogens with two attached hydrogens (primary N) is 1. The Morgan fingerprint density at radius 3 is 2.43 bits per heavy atom. The number of benzene rings is 1. The van der Waals surface area contributed by atoms with Crippen LogP contribution in [0.3, 0.4) is 0 Å². The van der Waals surface area contributed by atoms with Gasteiger partial charge in [0, 0.05) is 23.5 Å². The van der Waals surface area contributed by atoms with Crippen molar-refractivity contribution in [2.45, 2.75) is 32.4 Å². The van der Waals surface area contributed by atoms with Crippen LogP contribution in [0.1, 0.15) is 19.4 Å². The zero-order valence-electron chi connectivity index (χ0n) is 16.9. The van der Waals surface area contributed by atoms with E-state index in [1.54, 1.807) is 20.0 Å². The molecule has 2 aromatic rings. The summed E-state index contributed by atoms with van der Waals surface area (Å²) in [5, 5.41) is 17.1. The molecule has 1 heterocycles. The van der Waals surface area contributed by atoms with Gasteiger partial charge in [0.25, 0.3) is 0 Å². The lowest BCUT2D eigenvalue weighted by atomic mass is 10.0. The second-order valence-corrected chi connectivity index (χ2v) is 7.23. The van der Waals surface area contributed by atoms with Crippen LogP contribution in [-0.2, 0) is 25.6 Å². The molecule has 1 aromatic heterocycles. The van der Waals surface area contributed by atoms with E-state index in [1.807, 2.05) is 24.3 Å². The Hall–Kier alpha value is -3.40. The fraction of sp³-hybridized carbons (Fsp3) is 0.400. The molecule has 0 radical (unpaired) electrons. The molecule has 0 aliphatic carbocycles. The zero-order chi connectivity index (χ0) is 22.3. The van der Waals surface area contributed by atoms with Gasteiger partial charge in [0.05, 0.1) is 6.54 Å². The largest absolute Gasteiger partial charge is 0.480 e. The third kappa shape index (κ3) is 6.05. The highest BCUT2D eigenvalue weighted by Gasteiger charge is 2.29. The van der Waals surface area contributed by atoms with Crippen LogP contribution in [0, 0.1) is 5.92 Å². The number of aliphatic carboxylic acids is 1. The third-order valence-corrected chi connectivity index (χ3v) is 4.60. The highest BCUT2D eigenvalue weighted by atomic mass is 16.4. The van der Waals surface area contributed by atoms with Gasteiger partial charge in [-0.3, -0.25) is 19.2 Å². The number of fused-ring (bicyclic) bond motifs is 1. The first-order valence-electron chi connectivity index (χ1n) is 9.57. The molecule has 2 atom stereocenters. The van der Waals surface area contributed by atoms with Gasteiger partial charge >= 0.3 is 5.97 Å².